The van der Waals surface area contributed by atoms with Gasteiger partial charge in [-0.2, -0.15) is 0 Å². The molecule has 17 heavy (non-hydrogen) atoms. The van der Waals surface area contributed by atoms with E-state index in [-0.39, 0.29) is 18.9 Å². The Morgan fingerprint density at radius 2 is 2.18 bits per heavy atom. The number of carboxylic acids is 1. The Morgan fingerprint density at radius 3 is 2.65 bits per heavy atom. The maximum Gasteiger partial charge on any atom is 0.305 e. The fraction of sp³-hybridized carbons (Fsp3) is 0.545. The van der Waals surface area contributed by atoms with Gasteiger partial charge in [-0.05, 0) is 0 Å². The number of carboxylic acid groups (broad SMARTS) is 1. The third-order valence-electron chi connectivity index (χ3n) is 2.24. The highest BCUT2D eigenvalue weighted by Gasteiger charge is 2.16. The monoisotopic (exact) mass is 256 g/mol. The summed E-state index contributed by atoms with van der Waals surface area (Å²) in [6, 6.07) is 0. The number of aromatic nitrogens is 1. The Bertz CT molecular complexity index is 415. The second-order valence-corrected chi connectivity index (χ2v) is 5.15. The molecule has 0 saturated heterocycles. The quantitative estimate of drug-likeness (QED) is 0.872. The summed E-state index contributed by atoms with van der Waals surface area (Å²) in [5.41, 5.74) is 0. The van der Waals surface area contributed by atoms with E-state index in [1.54, 1.807) is 13.2 Å². The van der Waals surface area contributed by atoms with E-state index < -0.39 is 5.97 Å². The Kier molecular flexibility index (Phi) is 4.62. The van der Waals surface area contributed by atoms with Crippen LogP contribution in [0.1, 0.15) is 40.9 Å². The van der Waals surface area contributed by atoms with Gasteiger partial charge < -0.3 is 10.0 Å². The number of nitrogens with zero attached hydrogens (tertiary/aromatic N) is 2. The first-order valence-corrected chi connectivity index (χ1v) is 6.16. The van der Waals surface area contributed by atoms with Crippen molar-refractivity contribution >= 4 is 23.2 Å². The van der Waals surface area contributed by atoms with Crippen molar-refractivity contribution in [1.82, 2.24) is 9.88 Å². The third-order valence-corrected chi connectivity index (χ3v) is 3.52. The lowest BCUT2D eigenvalue weighted by molar-refractivity contribution is -0.137. The number of aliphatic carboxylic acids is 1. The molecule has 5 nitrogen and oxygen atoms in total. The minimum absolute atomic E-state index is 0.0436. The molecule has 1 N–H and O–H groups in total. The van der Waals surface area contributed by atoms with Gasteiger partial charge in [0.15, 0.2) is 0 Å². The number of hydrogen-bond donors (Lipinski definition) is 1. The SMILES string of the molecule is CC(C)c1ncc(C(=O)N(C)CCC(=O)O)s1. The first-order chi connectivity index (χ1) is 7.91. The van der Waals surface area contributed by atoms with Crippen molar-refractivity contribution in [3.63, 3.8) is 0 Å². The summed E-state index contributed by atoms with van der Waals surface area (Å²) in [6.07, 6.45) is 1.51. The molecule has 0 bridgehead atoms. The molecule has 0 aromatic carbocycles. The number of rotatable bonds is 5. The smallest absolute Gasteiger partial charge is 0.305 e. The van der Waals surface area contributed by atoms with Crippen molar-refractivity contribution in [1.29, 1.82) is 0 Å². The van der Waals surface area contributed by atoms with Crippen molar-refractivity contribution in [3.05, 3.63) is 16.1 Å². The minimum Gasteiger partial charge on any atom is -0.481 e. The van der Waals surface area contributed by atoms with Gasteiger partial charge in [0.2, 0.25) is 0 Å². The predicted molar refractivity (Wildman–Crippen MR) is 65.4 cm³/mol. The number of carbonyl (C=O) groups excluding carboxylic acids is 1. The summed E-state index contributed by atoms with van der Waals surface area (Å²) in [6.45, 7) is 4.24. The number of hydrogen-bond acceptors (Lipinski definition) is 4. The molecule has 1 aromatic heterocycles. The Balaban J connectivity index is 2.64. The van der Waals surface area contributed by atoms with Crippen molar-refractivity contribution in [2.75, 3.05) is 13.6 Å². The third kappa shape index (κ3) is 3.81. The van der Waals surface area contributed by atoms with Gasteiger partial charge in [-0.15, -0.1) is 11.3 Å². The predicted octanol–water partition coefficient (Wildman–Crippen LogP) is 1.81. The average Bonchev–Trinajstić information content (AvgIpc) is 2.73. The summed E-state index contributed by atoms with van der Waals surface area (Å²) >= 11 is 1.36. The van der Waals surface area contributed by atoms with Crippen molar-refractivity contribution in [2.24, 2.45) is 0 Å². The summed E-state index contributed by atoms with van der Waals surface area (Å²) in [4.78, 5) is 28.4. The number of thiazole rings is 1. The lowest BCUT2D eigenvalue weighted by Crippen LogP contribution is -2.28. The van der Waals surface area contributed by atoms with E-state index in [2.05, 4.69) is 4.98 Å². The van der Waals surface area contributed by atoms with Gasteiger partial charge in [0, 0.05) is 19.5 Å². The van der Waals surface area contributed by atoms with E-state index in [0.717, 1.165) is 5.01 Å². The Hall–Kier alpha value is -1.43. The van der Waals surface area contributed by atoms with Gasteiger partial charge in [-0.1, -0.05) is 13.8 Å². The molecule has 1 rings (SSSR count). The molecule has 6 heteroatoms. The number of amides is 1. The molecular formula is C11H16N2O3S. The second-order valence-electron chi connectivity index (χ2n) is 4.09. The van der Waals surface area contributed by atoms with E-state index in [9.17, 15) is 9.59 Å². The van der Waals surface area contributed by atoms with Crippen LogP contribution in [0.15, 0.2) is 6.20 Å². The van der Waals surface area contributed by atoms with E-state index in [1.807, 2.05) is 13.8 Å². The molecule has 1 amide bonds. The van der Waals surface area contributed by atoms with Crippen molar-refractivity contribution in [2.45, 2.75) is 26.2 Å². The highest BCUT2D eigenvalue weighted by atomic mass is 32.1. The average molecular weight is 256 g/mol. The van der Waals surface area contributed by atoms with Gasteiger partial charge in [0.1, 0.15) is 4.88 Å². The van der Waals surface area contributed by atoms with Crippen LogP contribution in [0, 0.1) is 0 Å². The molecule has 1 aromatic rings. The van der Waals surface area contributed by atoms with Gasteiger partial charge in [-0.3, -0.25) is 9.59 Å². The molecule has 0 aliphatic heterocycles. The molecule has 0 radical (unpaired) electrons. The minimum atomic E-state index is -0.906. The summed E-state index contributed by atoms with van der Waals surface area (Å²) in [7, 11) is 1.60. The first-order valence-electron chi connectivity index (χ1n) is 5.34. The van der Waals surface area contributed by atoms with Crippen molar-refractivity contribution in [3.8, 4) is 0 Å². The molecule has 0 aliphatic rings. The molecule has 0 atom stereocenters. The molecule has 1 heterocycles. The molecule has 0 fully saturated rings. The largest absolute Gasteiger partial charge is 0.481 e. The molecular weight excluding hydrogens is 240 g/mol. The summed E-state index contributed by atoms with van der Waals surface area (Å²) in [5, 5.41) is 9.46. The van der Waals surface area contributed by atoms with Crippen LogP contribution in [0.5, 0.6) is 0 Å². The Morgan fingerprint density at radius 1 is 1.53 bits per heavy atom. The first kappa shape index (κ1) is 13.6. The normalized spacial score (nSPS) is 10.6. The molecule has 0 aliphatic carbocycles. The number of carbonyl (C=O) groups is 2. The van der Waals surface area contributed by atoms with Crippen LogP contribution < -0.4 is 0 Å². The van der Waals surface area contributed by atoms with Gasteiger partial charge in [-0.25, -0.2) is 4.98 Å². The van der Waals surface area contributed by atoms with Crippen LogP contribution in [0.2, 0.25) is 0 Å². The van der Waals surface area contributed by atoms with Crippen LogP contribution in [0.25, 0.3) is 0 Å². The van der Waals surface area contributed by atoms with Gasteiger partial charge in [0.05, 0.1) is 17.6 Å². The summed E-state index contributed by atoms with van der Waals surface area (Å²) < 4.78 is 0. The topological polar surface area (TPSA) is 70.5 Å². The highest BCUT2D eigenvalue weighted by Crippen LogP contribution is 2.21. The van der Waals surface area contributed by atoms with Crippen LogP contribution in [-0.4, -0.2) is 40.5 Å². The molecule has 0 unspecified atom stereocenters. The zero-order valence-electron chi connectivity index (χ0n) is 10.1. The van der Waals surface area contributed by atoms with Crippen LogP contribution in [-0.2, 0) is 4.79 Å². The molecule has 0 saturated carbocycles. The maximum atomic E-state index is 11.9. The fourth-order valence-corrected chi connectivity index (χ4v) is 2.12. The van der Waals surface area contributed by atoms with E-state index >= 15 is 0 Å². The van der Waals surface area contributed by atoms with Crippen LogP contribution in [0.3, 0.4) is 0 Å². The van der Waals surface area contributed by atoms with E-state index in [0.29, 0.717) is 10.8 Å². The lowest BCUT2D eigenvalue weighted by Gasteiger charge is -2.14. The zero-order valence-corrected chi connectivity index (χ0v) is 11.0. The molecule has 94 valence electrons. The van der Waals surface area contributed by atoms with Crippen LogP contribution >= 0.6 is 11.3 Å². The second kappa shape index (κ2) is 5.77. The van der Waals surface area contributed by atoms with Gasteiger partial charge >= 0.3 is 5.97 Å². The van der Waals surface area contributed by atoms with Crippen LogP contribution in [0.4, 0.5) is 0 Å². The van der Waals surface area contributed by atoms with E-state index in [1.165, 1.54) is 16.2 Å². The van der Waals surface area contributed by atoms with Gasteiger partial charge in [0.25, 0.3) is 5.91 Å². The Labute approximate surface area is 104 Å². The lowest BCUT2D eigenvalue weighted by atomic mass is 10.2. The summed E-state index contributed by atoms with van der Waals surface area (Å²) in [5.74, 6) is -0.779. The standard InChI is InChI=1S/C11H16N2O3S/c1-7(2)10-12-6-8(17-10)11(16)13(3)5-4-9(14)15/h6-7H,4-5H2,1-3H3,(H,14,15). The van der Waals surface area contributed by atoms with E-state index in [4.69, 9.17) is 5.11 Å². The van der Waals surface area contributed by atoms with Crippen molar-refractivity contribution < 1.29 is 14.7 Å². The molecule has 0 spiro atoms. The zero-order chi connectivity index (χ0) is 13.0. The maximum absolute atomic E-state index is 11.9. The highest BCUT2D eigenvalue weighted by molar-refractivity contribution is 7.13. The fourth-order valence-electron chi connectivity index (χ4n) is 1.21.